The first-order valence-electron chi connectivity index (χ1n) is 8.06. The zero-order chi connectivity index (χ0) is 12.3. The van der Waals surface area contributed by atoms with Crippen molar-refractivity contribution in [2.45, 2.75) is 95.0 Å². The zero-order valence-electron chi connectivity index (χ0n) is 12.3. The number of unbranched alkanes of at least 4 members (excludes halogenated alkanes) is 1. The molecule has 0 radical (unpaired) electrons. The average molecular weight is 250 g/mol. The summed E-state index contributed by atoms with van der Waals surface area (Å²) in [7, 11) is -0.772. The Morgan fingerprint density at radius 1 is 0.882 bits per heavy atom. The molecule has 0 N–H and O–H groups in total. The second-order valence-electron chi connectivity index (χ2n) is 7.85. The number of fused-ring (bicyclic) bond motifs is 2. The van der Waals surface area contributed by atoms with E-state index < -0.39 is 8.07 Å². The molecule has 0 spiro atoms. The van der Waals surface area contributed by atoms with E-state index in [1.807, 2.05) is 0 Å². The summed E-state index contributed by atoms with van der Waals surface area (Å²) >= 11 is 0. The van der Waals surface area contributed by atoms with Gasteiger partial charge in [-0.1, -0.05) is 95.0 Å². The molecule has 0 nitrogen and oxygen atoms in total. The predicted octanol–water partition coefficient (Wildman–Crippen LogP) is 5.71. The maximum absolute atomic E-state index is 2.52. The third-order valence-electron chi connectivity index (χ3n) is 5.22. The minimum Gasteiger partial charge on any atom is -0.0737 e. The fraction of sp³-hybridized carbons (Fsp3) is 1.00. The van der Waals surface area contributed by atoms with Crippen molar-refractivity contribution in [3.63, 3.8) is 0 Å². The summed E-state index contributed by atoms with van der Waals surface area (Å²) in [5, 5.41) is 0. The lowest BCUT2D eigenvalue weighted by Gasteiger charge is -2.40. The third-order valence-corrected chi connectivity index (χ3v) is 7.08. The van der Waals surface area contributed by atoms with E-state index in [9.17, 15) is 0 Å². The van der Waals surface area contributed by atoms with Crippen LogP contribution in [0.3, 0.4) is 0 Å². The van der Waals surface area contributed by atoms with Crippen molar-refractivity contribution >= 4 is 14.8 Å². The second kappa shape index (κ2) is 5.95. The Hall–Kier alpha value is 0.282. The molecule has 98 valence electrons. The van der Waals surface area contributed by atoms with Crippen molar-refractivity contribution < 1.29 is 0 Å². The Morgan fingerprint density at radius 3 is 1.88 bits per heavy atom. The Bertz CT molecular complexity index is 212. The molecule has 2 saturated heterocycles. The topological polar surface area (TPSA) is 0 Å². The van der Waals surface area contributed by atoms with Crippen LogP contribution in [-0.2, 0) is 0 Å². The molecule has 2 fully saturated rings. The quantitative estimate of drug-likeness (QED) is 0.433. The molecule has 2 aliphatic heterocycles. The molecule has 17 heavy (non-hydrogen) atoms. The van der Waals surface area contributed by atoms with E-state index in [1.54, 1.807) is 50.9 Å². The lowest BCUT2D eigenvalue weighted by molar-refractivity contribution is 0.440. The van der Waals surface area contributed by atoms with E-state index in [0.29, 0.717) is 0 Å². The van der Waals surface area contributed by atoms with E-state index >= 15 is 0 Å². The molecule has 0 unspecified atom stereocenters. The molecule has 2 aliphatic rings. The average Bonchev–Trinajstić information content (AvgIpc) is 2.22. The highest BCUT2D eigenvalue weighted by molar-refractivity contribution is 6.76. The molecule has 0 aliphatic carbocycles. The van der Waals surface area contributed by atoms with Crippen molar-refractivity contribution in [3.8, 4) is 0 Å². The van der Waals surface area contributed by atoms with Crippen molar-refractivity contribution in [2.24, 2.45) is 0 Å². The largest absolute Gasteiger partial charge is 0.146 e. The van der Waals surface area contributed by atoms with Gasteiger partial charge >= 0.3 is 0 Å². The van der Waals surface area contributed by atoms with Crippen LogP contribution in [0.5, 0.6) is 0 Å². The van der Waals surface area contributed by atoms with Crippen molar-refractivity contribution in [3.05, 3.63) is 0 Å². The summed E-state index contributed by atoms with van der Waals surface area (Å²) < 4.78 is 0. The van der Waals surface area contributed by atoms with E-state index in [-0.39, 0.29) is 0 Å². The normalized spacial score (nSPS) is 29.5. The van der Waals surface area contributed by atoms with Gasteiger partial charge in [-0.05, 0) is 0 Å². The van der Waals surface area contributed by atoms with Crippen LogP contribution < -0.4 is 0 Å². The van der Waals surface area contributed by atoms with E-state index in [4.69, 9.17) is 0 Å². The van der Waals surface area contributed by atoms with E-state index in [1.165, 1.54) is 12.8 Å². The van der Waals surface area contributed by atoms with Crippen LogP contribution >= 0.6 is 0 Å². The van der Waals surface area contributed by atoms with Crippen LogP contribution in [0.25, 0.3) is 0 Å². The molecule has 2 heterocycles. The highest BCUT2D eigenvalue weighted by atomic mass is 28.3. The second-order valence-corrected chi connectivity index (χ2v) is 13.5. The summed E-state index contributed by atoms with van der Waals surface area (Å²) in [6.45, 7) is 8.69. The minimum absolute atomic E-state index is 0.772. The molecule has 2 rings (SSSR count). The Morgan fingerprint density at radius 2 is 1.41 bits per heavy atom. The van der Waals surface area contributed by atoms with E-state index in [0.717, 1.165) is 18.3 Å². The molecule has 0 aromatic heterocycles. The first kappa shape index (κ1) is 13.7. The summed E-state index contributed by atoms with van der Waals surface area (Å²) in [5.41, 5.74) is 0. The third kappa shape index (κ3) is 4.15. The Labute approximate surface area is 110 Å². The highest BCUT2D eigenvalue weighted by Crippen LogP contribution is 2.48. The van der Waals surface area contributed by atoms with Crippen LogP contribution in [0.2, 0.25) is 43.6 Å². The van der Waals surface area contributed by atoms with Gasteiger partial charge in [-0.3, -0.25) is 0 Å². The number of rotatable bonds is 5. The van der Waals surface area contributed by atoms with Gasteiger partial charge in [0.15, 0.2) is 0 Å². The molecule has 2 bridgehead atoms. The lowest BCUT2D eigenvalue weighted by atomic mass is 9.26. The van der Waals surface area contributed by atoms with Gasteiger partial charge in [-0.25, -0.2) is 0 Å². The lowest BCUT2D eigenvalue weighted by Crippen LogP contribution is -2.34. The van der Waals surface area contributed by atoms with Gasteiger partial charge in [-0.2, -0.15) is 0 Å². The maximum Gasteiger partial charge on any atom is 0.146 e. The van der Waals surface area contributed by atoms with E-state index in [2.05, 4.69) is 19.6 Å². The summed E-state index contributed by atoms with van der Waals surface area (Å²) in [6.07, 6.45) is 14.0. The van der Waals surface area contributed by atoms with Gasteiger partial charge in [-0.15, -0.1) is 0 Å². The molecular weight excluding hydrogens is 219 g/mol. The van der Waals surface area contributed by atoms with Crippen LogP contribution in [0, 0.1) is 0 Å². The predicted molar refractivity (Wildman–Crippen MR) is 83.2 cm³/mol. The molecule has 0 atom stereocenters. The first-order chi connectivity index (χ1) is 8.06. The van der Waals surface area contributed by atoms with Crippen molar-refractivity contribution in [1.29, 1.82) is 0 Å². The molecule has 2 heteroatoms. The van der Waals surface area contributed by atoms with Gasteiger partial charge in [0.05, 0.1) is 0 Å². The monoisotopic (exact) mass is 250 g/mol. The first-order valence-corrected chi connectivity index (χ1v) is 11.8. The number of hydrogen-bond acceptors (Lipinski definition) is 0. The minimum atomic E-state index is -0.772. The SMILES string of the molecule is C[Si](C)(C)CCCCB1C2CCCC1CCC2. The van der Waals surface area contributed by atoms with Crippen molar-refractivity contribution in [1.82, 2.24) is 0 Å². The Balaban J connectivity index is 1.71. The summed E-state index contributed by atoms with van der Waals surface area (Å²) in [4.78, 5) is 0. The van der Waals surface area contributed by atoms with Crippen LogP contribution in [0.1, 0.15) is 51.4 Å². The fourth-order valence-electron chi connectivity index (χ4n) is 4.32. The number of hydrogen-bond donors (Lipinski definition) is 0. The van der Waals surface area contributed by atoms with Gasteiger partial charge in [0.25, 0.3) is 0 Å². The smallest absolute Gasteiger partial charge is 0.0737 e. The fourth-order valence-corrected chi connectivity index (χ4v) is 5.63. The van der Waals surface area contributed by atoms with Crippen LogP contribution in [0.15, 0.2) is 0 Å². The zero-order valence-corrected chi connectivity index (χ0v) is 13.3. The molecule has 0 saturated carbocycles. The highest BCUT2D eigenvalue weighted by Gasteiger charge is 2.38. The molecule has 0 amide bonds. The Kier molecular flexibility index (Phi) is 4.80. The maximum atomic E-state index is 2.52. The summed E-state index contributed by atoms with van der Waals surface area (Å²) in [6, 6.07) is 1.55. The molecular formula is C15H31BSi. The standard InChI is InChI=1S/C15H31BSi/c1-17(2,3)13-5-4-12-16-14-8-6-9-15(16)11-7-10-14/h14-15H,4-13H2,1-3H3. The van der Waals surface area contributed by atoms with Crippen LogP contribution in [-0.4, -0.2) is 14.8 Å². The van der Waals surface area contributed by atoms with Gasteiger partial charge in [0.2, 0.25) is 0 Å². The van der Waals surface area contributed by atoms with Gasteiger partial charge < -0.3 is 0 Å². The van der Waals surface area contributed by atoms with Crippen molar-refractivity contribution in [2.75, 3.05) is 0 Å². The molecule has 0 aromatic rings. The van der Waals surface area contributed by atoms with Gasteiger partial charge in [0.1, 0.15) is 6.71 Å². The summed E-state index contributed by atoms with van der Waals surface area (Å²) in [5.74, 6) is 2.27. The molecule has 0 aromatic carbocycles. The van der Waals surface area contributed by atoms with Gasteiger partial charge in [0, 0.05) is 8.07 Å². The van der Waals surface area contributed by atoms with Crippen LogP contribution in [0.4, 0.5) is 0 Å².